The average Bonchev–Trinajstić information content (AvgIpc) is 3.12. The summed E-state index contributed by atoms with van der Waals surface area (Å²) < 4.78 is 26.1. The molecule has 0 aliphatic carbocycles. The van der Waals surface area contributed by atoms with Crippen LogP contribution in [0.2, 0.25) is 0 Å². The van der Waals surface area contributed by atoms with Crippen LogP contribution in [0, 0.1) is 12.8 Å². The summed E-state index contributed by atoms with van der Waals surface area (Å²) in [5.41, 5.74) is 1.03. The Balaban J connectivity index is 1.72. The first-order chi connectivity index (χ1) is 12.2. The van der Waals surface area contributed by atoms with Gasteiger partial charge in [-0.05, 0) is 12.5 Å². The van der Waals surface area contributed by atoms with Gasteiger partial charge in [0.1, 0.15) is 0 Å². The molecule has 0 unspecified atom stereocenters. The first-order valence-electron chi connectivity index (χ1n) is 8.97. The quantitative estimate of drug-likeness (QED) is 0.735. The number of aromatic nitrogens is 2. The number of piperazine rings is 1. The van der Waals surface area contributed by atoms with E-state index < -0.39 is 21.9 Å². The summed E-state index contributed by atoms with van der Waals surface area (Å²) >= 11 is 0. The van der Waals surface area contributed by atoms with E-state index in [1.54, 1.807) is 20.7 Å². The molecule has 3 heterocycles. The standard InChI is InChI=1S/C17H26N4O4S/c1-12(2)17(23)21-7-6-20(14-10-26(24,25)11-15(14)21)16(22)4-5-19-9-13(3)8-18-19/h8-9,12,14-15H,4-7,10-11H2,1-3H3/t14-,15+/m0/s1. The molecule has 0 N–H and O–H groups in total. The summed E-state index contributed by atoms with van der Waals surface area (Å²) in [4.78, 5) is 28.5. The molecular weight excluding hydrogens is 356 g/mol. The summed E-state index contributed by atoms with van der Waals surface area (Å²) in [5.74, 6) is -0.438. The van der Waals surface area contributed by atoms with Gasteiger partial charge < -0.3 is 9.80 Å². The number of nitrogens with zero attached hydrogens (tertiary/aromatic N) is 4. The van der Waals surface area contributed by atoms with Crippen molar-refractivity contribution in [3.63, 3.8) is 0 Å². The Bertz CT molecular complexity index is 801. The second-order valence-corrected chi connectivity index (χ2v) is 9.67. The minimum absolute atomic E-state index is 0.0452. The van der Waals surface area contributed by atoms with Crippen LogP contribution in [0.4, 0.5) is 0 Å². The van der Waals surface area contributed by atoms with Crippen molar-refractivity contribution in [1.82, 2.24) is 19.6 Å². The first-order valence-corrected chi connectivity index (χ1v) is 10.8. The van der Waals surface area contributed by atoms with Crippen molar-refractivity contribution in [3.05, 3.63) is 18.0 Å². The number of sulfone groups is 1. The summed E-state index contributed by atoms with van der Waals surface area (Å²) in [6, 6.07) is -0.872. The van der Waals surface area contributed by atoms with E-state index in [1.165, 1.54) is 0 Å². The predicted molar refractivity (Wildman–Crippen MR) is 96.1 cm³/mol. The molecule has 2 aliphatic rings. The molecule has 1 aromatic rings. The van der Waals surface area contributed by atoms with Crippen LogP contribution < -0.4 is 0 Å². The number of hydrogen-bond donors (Lipinski definition) is 0. The Morgan fingerprint density at radius 3 is 2.38 bits per heavy atom. The third-order valence-electron chi connectivity index (χ3n) is 5.09. The number of carbonyl (C=O) groups is 2. The molecule has 2 atom stereocenters. The van der Waals surface area contributed by atoms with Crippen molar-refractivity contribution in [2.24, 2.45) is 5.92 Å². The molecule has 144 valence electrons. The lowest BCUT2D eigenvalue weighted by Crippen LogP contribution is -2.62. The van der Waals surface area contributed by atoms with Gasteiger partial charge in [0.2, 0.25) is 11.8 Å². The van der Waals surface area contributed by atoms with Crippen LogP contribution >= 0.6 is 0 Å². The fraction of sp³-hybridized carbons (Fsp3) is 0.706. The highest BCUT2D eigenvalue weighted by Gasteiger charge is 2.49. The summed E-state index contributed by atoms with van der Waals surface area (Å²) in [7, 11) is -3.26. The Morgan fingerprint density at radius 1 is 1.19 bits per heavy atom. The SMILES string of the molecule is Cc1cnn(CCC(=O)N2CCN(C(=O)C(C)C)[C@@H]3CS(=O)(=O)C[C@@H]32)c1. The van der Waals surface area contributed by atoms with Crippen LogP contribution in [0.5, 0.6) is 0 Å². The van der Waals surface area contributed by atoms with Crippen molar-refractivity contribution in [2.45, 2.75) is 45.8 Å². The van der Waals surface area contributed by atoms with Gasteiger partial charge in [-0.15, -0.1) is 0 Å². The number of hydrogen-bond acceptors (Lipinski definition) is 5. The normalized spacial score (nSPS) is 24.8. The molecule has 2 fully saturated rings. The highest BCUT2D eigenvalue weighted by molar-refractivity contribution is 7.91. The van der Waals surface area contributed by atoms with Gasteiger partial charge in [-0.2, -0.15) is 5.10 Å². The second kappa shape index (κ2) is 7.02. The monoisotopic (exact) mass is 382 g/mol. The molecule has 2 aliphatic heterocycles. The van der Waals surface area contributed by atoms with E-state index in [4.69, 9.17) is 0 Å². The molecule has 2 amide bonds. The van der Waals surface area contributed by atoms with Gasteiger partial charge in [0, 0.05) is 38.2 Å². The van der Waals surface area contributed by atoms with Gasteiger partial charge in [0.05, 0.1) is 29.8 Å². The second-order valence-electron chi connectivity index (χ2n) is 7.52. The van der Waals surface area contributed by atoms with E-state index in [1.807, 2.05) is 27.0 Å². The zero-order chi connectivity index (χ0) is 19.1. The molecule has 1 aromatic heterocycles. The van der Waals surface area contributed by atoms with Gasteiger partial charge in [-0.1, -0.05) is 13.8 Å². The molecule has 0 bridgehead atoms. The molecular formula is C17H26N4O4S. The Labute approximate surface area is 154 Å². The number of amides is 2. The van der Waals surface area contributed by atoms with Crippen molar-refractivity contribution < 1.29 is 18.0 Å². The number of rotatable bonds is 4. The zero-order valence-electron chi connectivity index (χ0n) is 15.5. The van der Waals surface area contributed by atoms with Gasteiger partial charge in [0.25, 0.3) is 0 Å². The van der Waals surface area contributed by atoms with Crippen molar-refractivity contribution >= 4 is 21.7 Å². The van der Waals surface area contributed by atoms with Crippen LogP contribution in [0.25, 0.3) is 0 Å². The molecule has 26 heavy (non-hydrogen) atoms. The molecule has 0 radical (unpaired) electrons. The van der Waals surface area contributed by atoms with E-state index in [-0.39, 0.29) is 35.7 Å². The fourth-order valence-corrected chi connectivity index (χ4v) is 5.79. The molecule has 3 rings (SSSR count). The van der Waals surface area contributed by atoms with E-state index in [2.05, 4.69) is 5.10 Å². The average molecular weight is 382 g/mol. The summed E-state index contributed by atoms with van der Waals surface area (Å²) in [6.07, 6.45) is 3.87. The maximum absolute atomic E-state index is 12.7. The minimum atomic E-state index is -3.26. The third-order valence-corrected chi connectivity index (χ3v) is 6.79. The van der Waals surface area contributed by atoms with Crippen molar-refractivity contribution in [2.75, 3.05) is 24.6 Å². The molecule has 0 aromatic carbocycles. The van der Waals surface area contributed by atoms with Gasteiger partial charge in [0.15, 0.2) is 9.84 Å². The largest absolute Gasteiger partial charge is 0.335 e. The van der Waals surface area contributed by atoms with Crippen molar-refractivity contribution in [3.8, 4) is 0 Å². The van der Waals surface area contributed by atoms with Gasteiger partial charge in [-0.25, -0.2) is 8.42 Å². The summed E-state index contributed by atoms with van der Waals surface area (Å²) in [6.45, 7) is 6.79. The Morgan fingerprint density at radius 2 is 1.81 bits per heavy atom. The molecule has 9 heteroatoms. The Hall–Kier alpha value is -1.90. The lowest BCUT2D eigenvalue weighted by atomic mass is 10.0. The van der Waals surface area contributed by atoms with Crippen LogP contribution in [0.1, 0.15) is 25.8 Å². The van der Waals surface area contributed by atoms with E-state index in [0.29, 0.717) is 19.6 Å². The minimum Gasteiger partial charge on any atom is -0.335 e. The summed E-state index contributed by atoms with van der Waals surface area (Å²) in [5, 5.41) is 4.17. The molecule has 0 saturated carbocycles. The molecule has 2 saturated heterocycles. The van der Waals surface area contributed by atoms with Crippen molar-refractivity contribution in [1.29, 1.82) is 0 Å². The van der Waals surface area contributed by atoms with Crippen LogP contribution in [0.15, 0.2) is 12.4 Å². The highest BCUT2D eigenvalue weighted by atomic mass is 32.2. The van der Waals surface area contributed by atoms with E-state index in [9.17, 15) is 18.0 Å². The highest BCUT2D eigenvalue weighted by Crippen LogP contribution is 2.28. The molecule has 0 spiro atoms. The maximum atomic E-state index is 12.7. The third kappa shape index (κ3) is 3.77. The van der Waals surface area contributed by atoms with E-state index in [0.717, 1.165) is 5.56 Å². The lowest BCUT2D eigenvalue weighted by molar-refractivity contribution is -0.147. The van der Waals surface area contributed by atoms with Crippen LogP contribution in [-0.2, 0) is 26.0 Å². The van der Waals surface area contributed by atoms with E-state index >= 15 is 0 Å². The lowest BCUT2D eigenvalue weighted by Gasteiger charge is -2.44. The number of aryl methyl sites for hydroxylation is 2. The van der Waals surface area contributed by atoms with Crippen LogP contribution in [-0.4, -0.2) is 76.5 Å². The topological polar surface area (TPSA) is 92.6 Å². The molecule has 8 nitrogen and oxygen atoms in total. The van der Waals surface area contributed by atoms with Gasteiger partial charge >= 0.3 is 0 Å². The Kier molecular flexibility index (Phi) is 5.09. The van der Waals surface area contributed by atoms with Gasteiger partial charge in [-0.3, -0.25) is 14.3 Å². The first kappa shape index (κ1) is 18.9. The number of carbonyl (C=O) groups excluding carboxylic acids is 2. The fourth-order valence-electron chi connectivity index (χ4n) is 3.81. The smallest absolute Gasteiger partial charge is 0.225 e. The zero-order valence-corrected chi connectivity index (χ0v) is 16.3. The number of fused-ring (bicyclic) bond motifs is 1. The van der Waals surface area contributed by atoms with Crippen LogP contribution in [0.3, 0.4) is 0 Å². The predicted octanol–water partition coefficient (Wildman–Crippen LogP) is 0.0740. The maximum Gasteiger partial charge on any atom is 0.225 e.